The summed E-state index contributed by atoms with van der Waals surface area (Å²) in [6, 6.07) is 5.20. The maximum Gasteiger partial charge on any atom is 0.335 e. The van der Waals surface area contributed by atoms with Gasteiger partial charge in [0.15, 0.2) is 0 Å². The number of rotatable bonds is 3. The molecular weight excluding hydrogens is 200 g/mol. The zero-order chi connectivity index (χ0) is 11.4. The molecule has 0 saturated heterocycles. The fourth-order valence-electron chi connectivity index (χ4n) is 1.10. The largest absolute Gasteiger partial charge is 0.478 e. The summed E-state index contributed by atoms with van der Waals surface area (Å²) in [5, 5.41) is 27.6. The number of nitrogens with zero attached hydrogens (tertiary/aromatic N) is 2. The van der Waals surface area contributed by atoms with Crippen molar-refractivity contribution in [3.8, 4) is 6.07 Å². The van der Waals surface area contributed by atoms with E-state index in [1.54, 1.807) is 6.07 Å². The summed E-state index contributed by atoms with van der Waals surface area (Å²) in [7, 11) is 0. The number of carboxylic acid groups (broad SMARTS) is 1. The highest BCUT2D eigenvalue weighted by Gasteiger charge is 2.13. The molecule has 0 saturated carbocycles. The van der Waals surface area contributed by atoms with Gasteiger partial charge >= 0.3 is 5.97 Å². The fraction of sp³-hybridized carbons (Fsp3) is 0.111. The monoisotopic (exact) mass is 206 g/mol. The van der Waals surface area contributed by atoms with E-state index in [1.165, 1.54) is 12.1 Å². The summed E-state index contributed by atoms with van der Waals surface area (Å²) in [6.45, 7) is 0. The standard InChI is InChI=1S/C9H6N2O4/c10-2-1-6-3-7(9(12)13)5-8(4-6)11(14)15/h3-5H,1H2,(H,12,13). The van der Waals surface area contributed by atoms with Crippen LogP contribution in [0.4, 0.5) is 5.69 Å². The molecule has 1 aromatic rings. The number of non-ortho nitro benzene ring substituents is 1. The predicted octanol–water partition coefficient (Wildman–Crippen LogP) is 1.36. The highest BCUT2D eigenvalue weighted by molar-refractivity contribution is 5.88. The van der Waals surface area contributed by atoms with E-state index in [-0.39, 0.29) is 17.7 Å². The van der Waals surface area contributed by atoms with E-state index in [4.69, 9.17) is 10.4 Å². The number of nitro benzene ring substituents is 1. The molecule has 1 N–H and O–H groups in total. The van der Waals surface area contributed by atoms with E-state index in [0.717, 1.165) is 6.07 Å². The molecule has 6 nitrogen and oxygen atoms in total. The molecule has 0 fully saturated rings. The molecule has 0 spiro atoms. The molecule has 0 amide bonds. The quantitative estimate of drug-likeness (QED) is 0.593. The maximum absolute atomic E-state index is 10.6. The number of aromatic carboxylic acids is 1. The summed E-state index contributed by atoms with van der Waals surface area (Å²) in [6.07, 6.45) is -0.0536. The lowest BCUT2D eigenvalue weighted by molar-refractivity contribution is -0.384. The lowest BCUT2D eigenvalue weighted by Crippen LogP contribution is -2.00. The molecule has 0 aliphatic rings. The van der Waals surface area contributed by atoms with Gasteiger partial charge in [-0.25, -0.2) is 4.79 Å². The van der Waals surface area contributed by atoms with Crippen molar-refractivity contribution in [2.45, 2.75) is 6.42 Å². The molecule has 76 valence electrons. The van der Waals surface area contributed by atoms with Gasteiger partial charge < -0.3 is 5.11 Å². The van der Waals surface area contributed by atoms with Crippen LogP contribution < -0.4 is 0 Å². The first kappa shape index (κ1) is 10.7. The van der Waals surface area contributed by atoms with Crippen molar-refractivity contribution >= 4 is 11.7 Å². The molecule has 0 aromatic heterocycles. The topological polar surface area (TPSA) is 104 Å². The van der Waals surface area contributed by atoms with Crippen LogP contribution in [0.1, 0.15) is 15.9 Å². The van der Waals surface area contributed by atoms with E-state index in [0.29, 0.717) is 5.56 Å². The Morgan fingerprint density at radius 3 is 2.67 bits per heavy atom. The number of nitro groups is 1. The van der Waals surface area contributed by atoms with Crippen molar-refractivity contribution in [3.63, 3.8) is 0 Å². The molecule has 1 aromatic carbocycles. The second-order valence-electron chi connectivity index (χ2n) is 2.79. The van der Waals surface area contributed by atoms with Gasteiger partial charge in [0.25, 0.3) is 5.69 Å². The molecular formula is C9H6N2O4. The molecule has 0 aliphatic carbocycles. The number of carboxylic acids is 1. The summed E-state index contributed by atoms with van der Waals surface area (Å²) in [5.41, 5.74) is -0.182. The number of hydrogen-bond donors (Lipinski definition) is 1. The Bertz CT molecular complexity index is 429. The molecule has 0 atom stereocenters. The Hall–Kier alpha value is -2.42. The van der Waals surface area contributed by atoms with Crippen molar-refractivity contribution in [1.82, 2.24) is 0 Å². The Labute approximate surface area is 84.5 Å². The molecule has 15 heavy (non-hydrogen) atoms. The second kappa shape index (κ2) is 4.19. The van der Waals surface area contributed by atoms with Crippen LogP contribution in [0.25, 0.3) is 0 Å². The Balaban J connectivity index is 3.27. The first-order valence-corrected chi connectivity index (χ1v) is 3.93. The van der Waals surface area contributed by atoms with Gasteiger partial charge in [-0.1, -0.05) is 0 Å². The van der Waals surface area contributed by atoms with E-state index in [9.17, 15) is 14.9 Å². The fourth-order valence-corrected chi connectivity index (χ4v) is 1.10. The number of nitriles is 1. The van der Waals surface area contributed by atoms with Crippen LogP contribution in [0.2, 0.25) is 0 Å². The summed E-state index contributed by atoms with van der Waals surface area (Å²) < 4.78 is 0. The van der Waals surface area contributed by atoms with Crippen molar-refractivity contribution in [2.24, 2.45) is 0 Å². The summed E-state index contributed by atoms with van der Waals surface area (Å²) >= 11 is 0. The Kier molecular flexibility index (Phi) is 2.98. The lowest BCUT2D eigenvalue weighted by Gasteiger charge is -1.99. The van der Waals surface area contributed by atoms with Crippen molar-refractivity contribution < 1.29 is 14.8 Å². The van der Waals surface area contributed by atoms with E-state index >= 15 is 0 Å². The number of hydrogen-bond acceptors (Lipinski definition) is 4. The number of benzene rings is 1. The van der Waals surface area contributed by atoms with E-state index < -0.39 is 10.9 Å². The zero-order valence-electron chi connectivity index (χ0n) is 7.51. The van der Waals surface area contributed by atoms with Crippen LogP contribution in [-0.2, 0) is 6.42 Å². The van der Waals surface area contributed by atoms with Gasteiger partial charge in [0.05, 0.1) is 23.0 Å². The molecule has 0 radical (unpaired) electrons. The SMILES string of the molecule is N#CCc1cc(C(=O)O)cc([N+](=O)[O-])c1. The van der Waals surface area contributed by atoms with Crippen LogP contribution in [0.15, 0.2) is 18.2 Å². The minimum atomic E-state index is -1.25. The van der Waals surface area contributed by atoms with Crippen molar-refractivity contribution in [2.75, 3.05) is 0 Å². The van der Waals surface area contributed by atoms with Crippen LogP contribution in [0.3, 0.4) is 0 Å². The number of carbonyl (C=O) groups is 1. The predicted molar refractivity (Wildman–Crippen MR) is 49.4 cm³/mol. The zero-order valence-corrected chi connectivity index (χ0v) is 7.51. The highest BCUT2D eigenvalue weighted by atomic mass is 16.6. The minimum Gasteiger partial charge on any atom is -0.478 e. The molecule has 0 heterocycles. The van der Waals surface area contributed by atoms with Gasteiger partial charge in [-0.05, 0) is 11.6 Å². The minimum absolute atomic E-state index is 0.0536. The lowest BCUT2D eigenvalue weighted by atomic mass is 10.1. The third-order valence-corrected chi connectivity index (χ3v) is 1.72. The Morgan fingerprint density at radius 2 is 2.20 bits per heavy atom. The van der Waals surface area contributed by atoms with Gasteiger partial charge in [0.1, 0.15) is 0 Å². The third kappa shape index (κ3) is 2.51. The average Bonchev–Trinajstić information content (AvgIpc) is 2.17. The van der Waals surface area contributed by atoms with Crippen LogP contribution in [0, 0.1) is 21.4 Å². The summed E-state index contributed by atoms with van der Waals surface area (Å²) in [4.78, 5) is 20.4. The van der Waals surface area contributed by atoms with Gasteiger partial charge in [-0.2, -0.15) is 5.26 Å². The van der Waals surface area contributed by atoms with Crippen LogP contribution in [0.5, 0.6) is 0 Å². The third-order valence-electron chi connectivity index (χ3n) is 1.72. The maximum atomic E-state index is 10.6. The molecule has 0 bridgehead atoms. The first-order valence-electron chi connectivity index (χ1n) is 3.93. The van der Waals surface area contributed by atoms with Gasteiger partial charge in [-0.3, -0.25) is 10.1 Å². The normalized spacial score (nSPS) is 9.27. The smallest absolute Gasteiger partial charge is 0.335 e. The molecule has 0 unspecified atom stereocenters. The van der Waals surface area contributed by atoms with Crippen LogP contribution >= 0.6 is 0 Å². The van der Waals surface area contributed by atoms with E-state index in [2.05, 4.69) is 0 Å². The van der Waals surface area contributed by atoms with Gasteiger partial charge in [0, 0.05) is 12.1 Å². The van der Waals surface area contributed by atoms with Crippen LogP contribution in [-0.4, -0.2) is 16.0 Å². The Morgan fingerprint density at radius 1 is 1.53 bits per heavy atom. The van der Waals surface area contributed by atoms with Gasteiger partial charge in [-0.15, -0.1) is 0 Å². The van der Waals surface area contributed by atoms with Gasteiger partial charge in [0.2, 0.25) is 0 Å². The summed E-state index contributed by atoms with van der Waals surface area (Å²) in [5.74, 6) is -1.25. The second-order valence-corrected chi connectivity index (χ2v) is 2.79. The average molecular weight is 206 g/mol. The highest BCUT2D eigenvalue weighted by Crippen LogP contribution is 2.17. The van der Waals surface area contributed by atoms with Crippen molar-refractivity contribution in [1.29, 1.82) is 5.26 Å². The molecule has 1 rings (SSSR count). The van der Waals surface area contributed by atoms with Crippen molar-refractivity contribution in [3.05, 3.63) is 39.4 Å². The first-order chi connectivity index (χ1) is 7.04. The molecule has 6 heteroatoms. The molecule has 0 aliphatic heterocycles. The van der Waals surface area contributed by atoms with E-state index in [1.807, 2.05) is 0 Å².